The summed E-state index contributed by atoms with van der Waals surface area (Å²) in [6.07, 6.45) is 3.43. The average Bonchev–Trinajstić information content (AvgIpc) is 2.68. The van der Waals surface area contributed by atoms with E-state index in [0.717, 1.165) is 10.5 Å². The highest BCUT2D eigenvalue weighted by molar-refractivity contribution is 5.92. The van der Waals surface area contributed by atoms with Crippen LogP contribution in [-0.4, -0.2) is 49.4 Å². The lowest BCUT2D eigenvalue weighted by Crippen LogP contribution is -3.15. The molecule has 0 aromatic heterocycles. The van der Waals surface area contributed by atoms with Crippen LogP contribution < -0.4 is 10.2 Å². The van der Waals surface area contributed by atoms with Crippen LogP contribution in [0.15, 0.2) is 54.6 Å². The van der Waals surface area contributed by atoms with E-state index in [0.29, 0.717) is 38.4 Å². The Kier molecular flexibility index (Phi) is 6.55. The van der Waals surface area contributed by atoms with Crippen LogP contribution in [0.25, 0.3) is 6.08 Å². The summed E-state index contributed by atoms with van der Waals surface area (Å²) in [5, 5.41) is 2.71. The average molecular weight is 382 g/mol. The van der Waals surface area contributed by atoms with Crippen molar-refractivity contribution in [1.82, 2.24) is 4.90 Å². The first-order chi connectivity index (χ1) is 13.5. The van der Waals surface area contributed by atoms with Crippen LogP contribution in [0.4, 0.5) is 10.1 Å². The number of aryl methyl sites for hydroxylation is 1. The van der Waals surface area contributed by atoms with Crippen molar-refractivity contribution < 1.29 is 18.9 Å². The molecule has 1 heterocycles. The molecule has 0 aliphatic carbocycles. The summed E-state index contributed by atoms with van der Waals surface area (Å²) in [6, 6.07) is 13.9. The van der Waals surface area contributed by atoms with Gasteiger partial charge in [-0.25, -0.2) is 4.39 Å². The Bertz CT molecular complexity index is 856. The van der Waals surface area contributed by atoms with Gasteiger partial charge in [-0.2, -0.15) is 0 Å². The summed E-state index contributed by atoms with van der Waals surface area (Å²) in [4.78, 5) is 27.4. The molecule has 1 fully saturated rings. The summed E-state index contributed by atoms with van der Waals surface area (Å²) in [6.45, 7) is 4.97. The number of anilines is 1. The van der Waals surface area contributed by atoms with E-state index in [1.165, 1.54) is 17.7 Å². The molecule has 2 aromatic carbocycles. The number of hydrogen-bond acceptors (Lipinski definition) is 2. The second kappa shape index (κ2) is 9.28. The van der Waals surface area contributed by atoms with Gasteiger partial charge >= 0.3 is 0 Å². The van der Waals surface area contributed by atoms with Crippen LogP contribution in [0.5, 0.6) is 0 Å². The Balaban J connectivity index is 1.44. The lowest BCUT2D eigenvalue weighted by atomic mass is 10.1. The van der Waals surface area contributed by atoms with E-state index in [1.807, 2.05) is 37.3 Å². The SMILES string of the molecule is Cc1ccc(/C=C/C(=O)N2CC[NH+](CC(=O)Nc3cccc(F)c3)CC2)cc1. The molecule has 0 spiro atoms. The number of piperazine rings is 1. The van der Waals surface area contributed by atoms with Gasteiger partial charge in [0, 0.05) is 11.8 Å². The lowest BCUT2D eigenvalue weighted by molar-refractivity contribution is -0.895. The van der Waals surface area contributed by atoms with Crippen LogP contribution >= 0.6 is 0 Å². The molecule has 0 unspecified atom stereocenters. The van der Waals surface area contributed by atoms with Crippen molar-refractivity contribution in [2.24, 2.45) is 0 Å². The van der Waals surface area contributed by atoms with Crippen LogP contribution in [-0.2, 0) is 9.59 Å². The number of amides is 2. The Morgan fingerprint density at radius 1 is 1.14 bits per heavy atom. The minimum atomic E-state index is -0.379. The molecule has 1 aliphatic rings. The van der Waals surface area contributed by atoms with Crippen molar-refractivity contribution in [3.63, 3.8) is 0 Å². The number of quaternary nitrogens is 1. The fourth-order valence-corrected chi connectivity index (χ4v) is 3.17. The number of hydrogen-bond donors (Lipinski definition) is 2. The number of nitrogens with one attached hydrogen (secondary N) is 2. The van der Waals surface area contributed by atoms with Gasteiger partial charge in [-0.3, -0.25) is 9.59 Å². The molecule has 0 radical (unpaired) electrons. The van der Waals surface area contributed by atoms with Crippen LogP contribution in [0.3, 0.4) is 0 Å². The normalized spacial score (nSPS) is 15.0. The first kappa shape index (κ1) is 19.8. The van der Waals surface area contributed by atoms with E-state index in [-0.39, 0.29) is 17.6 Å². The molecular weight excluding hydrogens is 357 g/mol. The van der Waals surface area contributed by atoms with Gasteiger partial charge in [0.15, 0.2) is 6.54 Å². The van der Waals surface area contributed by atoms with Crippen LogP contribution in [0.1, 0.15) is 11.1 Å². The van der Waals surface area contributed by atoms with E-state index in [2.05, 4.69) is 5.32 Å². The minimum Gasteiger partial charge on any atom is -0.328 e. The Morgan fingerprint density at radius 3 is 2.54 bits per heavy atom. The molecule has 0 saturated carbocycles. The highest BCUT2D eigenvalue weighted by Crippen LogP contribution is 2.08. The maximum absolute atomic E-state index is 13.2. The largest absolute Gasteiger partial charge is 0.328 e. The zero-order valence-electron chi connectivity index (χ0n) is 16.0. The van der Waals surface area contributed by atoms with Gasteiger partial charge in [0.2, 0.25) is 5.91 Å². The number of halogens is 1. The van der Waals surface area contributed by atoms with Gasteiger partial charge < -0.3 is 15.1 Å². The lowest BCUT2D eigenvalue weighted by Gasteiger charge is -2.31. The third kappa shape index (κ3) is 5.76. The minimum absolute atomic E-state index is 0.0103. The molecule has 0 atom stereocenters. The number of carbonyl (C=O) groups excluding carboxylic acids is 2. The molecule has 1 aliphatic heterocycles. The standard InChI is InChI=1S/C22H24FN3O2/c1-17-5-7-18(8-6-17)9-10-22(28)26-13-11-25(12-14-26)16-21(27)24-20-4-2-3-19(23)15-20/h2-10,15H,11-14,16H2,1H3,(H,24,27)/p+1/b10-9+. The Labute approximate surface area is 164 Å². The molecule has 28 heavy (non-hydrogen) atoms. The van der Waals surface area contributed by atoms with Gasteiger partial charge in [0.05, 0.1) is 26.2 Å². The molecule has 146 valence electrons. The van der Waals surface area contributed by atoms with Gasteiger partial charge in [0.1, 0.15) is 5.82 Å². The summed E-state index contributed by atoms with van der Waals surface area (Å²) in [5.74, 6) is -0.542. The van der Waals surface area contributed by atoms with Crippen molar-refractivity contribution >= 4 is 23.6 Å². The Morgan fingerprint density at radius 2 is 1.86 bits per heavy atom. The first-order valence-corrected chi connectivity index (χ1v) is 9.42. The van der Waals surface area contributed by atoms with Gasteiger partial charge in [0.25, 0.3) is 5.91 Å². The predicted octanol–water partition coefficient (Wildman–Crippen LogP) is 1.51. The van der Waals surface area contributed by atoms with Crippen molar-refractivity contribution in [2.75, 3.05) is 38.0 Å². The topological polar surface area (TPSA) is 53.9 Å². The number of benzene rings is 2. The fraction of sp³-hybridized carbons (Fsp3) is 0.273. The molecule has 1 saturated heterocycles. The maximum atomic E-state index is 13.2. The third-order valence-electron chi connectivity index (χ3n) is 4.80. The highest BCUT2D eigenvalue weighted by atomic mass is 19.1. The first-order valence-electron chi connectivity index (χ1n) is 9.42. The number of nitrogens with zero attached hydrogens (tertiary/aromatic N) is 1. The van der Waals surface area contributed by atoms with E-state index >= 15 is 0 Å². The zero-order chi connectivity index (χ0) is 19.9. The van der Waals surface area contributed by atoms with E-state index in [1.54, 1.807) is 23.1 Å². The number of carbonyl (C=O) groups is 2. The molecule has 2 aromatic rings. The number of rotatable bonds is 5. The van der Waals surface area contributed by atoms with E-state index in [4.69, 9.17) is 0 Å². The predicted molar refractivity (Wildman–Crippen MR) is 107 cm³/mol. The third-order valence-corrected chi connectivity index (χ3v) is 4.80. The van der Waals surface area contributed by atoms with Crippen molar-refractivity contribution in [1.29, 1.82) is 0 Å². The van der Waals surface area contributed by atoms with Gasteiger partial charge in [-0.05, 0) is 36.8 Å². The molecule has 6 heteroatoms. The van der Waals surface area contributed by atoms with Crippen LogP contribution in [0, 0.1) is 12.7 Å². The quantitative estimate of drug-likeness (QED) is 0.771. The molecule has 0 bridgehead atoms. The summed E-state index contributed by atoms with van der Waals surface area (Å²) >= 11 is 0. The van der Waals surface area contributed by atoms with Gasteiger partial charge in [-0.1, -0.05) is 35.9 Å². The summed E-state index contributed by atoms with van der Waals surface area (Å²) < 4.78 is 13.2. The molecule has 3 rings (SSSR count). The Hall–Kier alpha value is -2.99. The van der Waals surface area contributed by atoms with Crippen molar-refractivity contribution in [3.05, 3.63) is 71.6 Å². The highest BCUT2D eigenvalue weighted by Gasteiger charge is 2.24. The van der Waals surface area contributed by atoms with E-state index in [9.17, 15) is 14.0 Å². The smallest absolute Gasteiger partial charge is 0.279 e. The van der Waals surface area contributed by atoms with Crippen molar-refractivity contribution in [2.45, 2.75) is 6.92 Å². The maximum Gasteiger partial charge on any atom is 0.279 e. The zero-order valence-corrected chi connectivity index (χ0v) is 16.0. The molecule has 2 N–H and O–H groups in total. The fourth-order valence-electron chi connectivity index (χ4n) is 3.17. The molecular formula is C22H25FN3O2+. The molecule has 2 amide bonds. The van der Waals surface area contributed by atoms with E-state index < -0.39 is 0 Å². The van der Waals surface area contributed by atoms with Crippen molar-refractivity contribution in [3.8, 4) is 0 Å². The second-order valence-electron chi connectivity index (χ2n) is 7.05. The molecule has 5 nitrogen and oxygen atoms in total. The monoisotopic (exact) mass is 382 g/mol. The summed E-state index contributed by atoms with van der Waals surface area (Å²) in [7, 11) is 0. The summed E-state index contributed by atoms with van der Waals surface area (Å²) in [5.41, 5.74) is 2.64. The van der Waals surface area contributed by atoms with Crippen LogP contribution in [0.2, 0.25) is 0 Å². The van der Waals surface area contributed by atoms with Gasteiger partial charge in [-0.15, -0.1) is 0 Å². The second-order valence-corrected chi connectivity index (χ2v) is 7.05.